The van der Waals surface area contributed by atoms with Crippen LogP contribution in [0.25, 0.3) is 21.9 Å². The molecule has 5 rings (SSSR count). The Bertz CT molecular complexity index is 1330. The number of hydrogen-bond donors (Lipinski definition) is 2. The summed E-state index contributed by atoms with van der Waals surface area (Å²) < 4.78 is 0. The van der Waals surface area contributed by atoms with Crippen LogP contribution in [0, 0.1) is 11.3 Å². The molecule has 2 N–H and O–H groups in total. The molecule has 1 saturated heterocycles. The molecule has 0 atom stereocenters. The summed E-state index contributed by atoms with van der Waals surface area (Å²) in [6.07, 6.45) is 4.27. The van der Waals surface area contributed by atoms with Crippen molar-refractivity contribution in [2.24, 2.45) is 0 Å². The van der Waals surface area contributed by atoms with Gasteiger partial charge >= 0.3 is 0 Å². The number of carbonyl (C=O) groups excluding carboxylic acids is 1. The van der Waals surface area contributed by atoms with Crippen molar-refractivity contribution in [3.8, 4) is 6.07 Å². The first-order chi connectivity index (χ1) is 15.1. The van der Waals surface area contributed by atoms with Crippen LogP contribution in [0.1, 0.15) is 40.4 Å². The summed E-state index contributed by atoms with van der Waals surface area (Å²) in [5.74, 6) is 0.743. The molecule has 1 aliphatic heterocycles. The van der Waals surface area contributed by atoms with Gasteiger partial charge in [0.25, 0.3) is 5.91 Å². The number of amides is 1. The lowest BCUT2D eigenvalue weighted by Gasteiger charge is -2.28. The molecular formula is C24H22N6O. The number of rotatable bonds is 3. The summed E-state index contributed by atoms with van der Waals surface area (Å²) in [7, 11) is 2.15. The lowest BCUT2D eigenvalue weighted by molar-refractivity contribution is 0.102. The van der Waals surface area contributed by atoms with Gasteiger partial charge in [-0.1, -0.05) is 6.07 Å². The van der Waals surface area contributed by atoms with E-state index >= 15 is 0 Å². The van der Waals surface area contributed by atoms with Gasteiger partial charge in [-0.2, -0.15) is 5.26 Å². The molecule has 31 heavy (non-hydrogen) atoms. The van der Waals surface area contributed by atoms with E-state index in [4.69, 9.17) is 10.2 Å². The zero-order valence-electron chi connectivity index (χ0n) is 17.2. The van der Waals surface area contributed by atoms with E-state index in [9.17, 15) is 4.79 Å². The van der Waals surface area contributed by atoms with Gasteiger partial charge in [0.05, 0.1) is 16.6 Å². The van der Waals surface area contributed by atoms with Crippen molar-refractivity contribution in [2.75, 3.05) is 25.5 Å². The number of anilines is 1. The molecule has 0 spiro atoms. The topological polar surface area (TPSA) is 97.7 Å². The maximum absolute atomic E-state index is 13.0. The van der Waals surface area contributed by atoms with E-state index < -0.39 is 0 Å². The summed E-state index contributed by atoms with van der Waals surface area (Å²) in [5.41, 5.74) is 4.56. The van der Waals surface area contributed by atoms with Crippen LogP contribution in [0.4, 0.5) is 5.82 Å². The maximum atomic E-state index is 13.0. The van der Waals surface area contributed by atoms with E-state index in [0.29, 0.717) is 33.9 Å². The minimum absolute atomic E-state index is 0.250. The fraction of sp³-hybridized carbons (Fsp3) is 0.250. The highest BCUT2D eigenvalue weighted by molar-refractivity contribution is 6.12. The molecule has 3 aromatic heterocycles. The van der Waals surface area contributed by atoms with Gasteiger partial charge < -0.3 is 15.2 Å². The fourth-order valence-electron chi connectivity index (χ4n) is 4.32. The fourth-order valence-corrected chi connectivity index (χ4v) is 4.32. The number of fused-ring (bicyclic) bond motifs is 2. The standard InChI is InChI=1S/C24H22N6O/c1-30-11-9-15(10-12-30)19-14-26-21-7-8-22(28-23(19)21)29-24(31)18-3-2-4-20-17(18)6-5-16(13-25)27-20/h2-8,14-15,26H,9-12H2,1H3,(H,28,29,31). The molecule has 1 amide bonds. The lowest BCUT2D eigenvalue weighted by Crippen LogP contribution is -2.29. The Morgan fingerprint density at radius 2 is 2.00 bits per heavy atom. The number of pyridine rings is 2. The molecule has 1 aliphatic rings. The van der Waals surface area contributed by atoms with Gasteiger partial charge in [-0.15, -0.1) is 0 Å². The zero-order chi connectivity index (χ0) is 21.4. The van der Waals surface area contributed by atoms with Crippen LogP contribution in [0.2, 0.25) is 0 Å². The quantitative estimate of drug-likeness (QED) is 0.531. The van der Waals surface area contributed by atoms with Gasteiger partial charge in [-0.25, -0.2) is 9.97 Å². The average Bonchev–Trinajstić information content (AvgIpc) is 3.22. The lowest BCUT2D eigenvalue weighted by atomic mass is 9.91. The molecule has 0 saturated carbocycles. The highest BCUT2D eigenvalue weighted by Crippen LogP contribution is 2.32. The van der Waals surface area contributed by atoms with Crippen molar-refractivity contribution in [2.45, 2.75) is 18.8 Å². The third-order valence-corrected chi connectivity index (χ3v) is 6.04. The molecule has 0 unspecified atom stereocenters. The van der Waals surface area contributed by atoms with Crippen LogP contribution in [0.5, 0.6) is 0 Å². The van der Waals surface area contributed by atoms with Crippen LogP contribution in [0.3, 0.4) is 0 Å². The molecule has 4 heterocycles. The second kappa shape index (κ2) is 7.82. The highest BCUT2D eigenvalue weighted by Gasteiger charge is 2.22. The summed E-state index contributed by atoms with van der Waals surface area (Å²) in [4.78, 5) is 27.7. The number of piperidine rings is 1. The number of aromatic nitrogens is 3. The molecule has 7 heteroatoms. The van der Waals surface area contributed by atoms with Crippen molar-refractivity contribution in [3.63, 3.8) is 0 Å². The number of carbonyl (C=O) groups is 1. The van der Waals surface area contributed by atoms with E-state index in [1.807, 2.05) is 18.2 Å². The number of hydrogen-bond acceptors (Lipinski definition) is 5. The summed E-state index contributed by atoms with van der Waals surface area (Å²) in [6, 6.07) is 14.5. The number of nitrogens with one attached hydrogen (secondary N) is 2. The van der Waals surface area contributed by atoms with Gasteiger partial charge in [-0.05, 0) is 80.9 Å². The van der Waals surface area contributed by atoms with Crippen molar-refractivity contribution >= 4 is 33.7 Å². The smallest absolute Gasteiger partial charge is 0.257 e. The van der Waals surface area contributed by atoms with Crippen LogP contribution >= 0.6 is 0 Å². The maximum Gasteiger partial charge on any atom is 0.257 e. The summed E-state index contributed by atoms with van der Waals surface area (Å²) in [6.45, 7) is 2.16. The number of nitriles is 1. The van der Waals surface area contributed by atoms with E-state index in [0.717, 1.165) is 37.0 Å². The Morgan fingerprint density at radius 3 is 2.81 bits per heavy atom. The number of H-pyrrole nitrogens is 1. The van der Waals surface area contributed by atoms with E-state index in [-0.39, 0.29) is 5.91 Å². The van der Waals surface area contributed by atoms with E-state index in [2.05, 4.69) is 33.4 Å². The average molecular weight is 410 g/mol. The Kier molecular flexibility index (Phi) is 4.85. The monoisotopic (exact) mass is 410 g/mol. The first-order valence-corrected chi connectivity index (χ1v) is 10.4. The van der Waals surface area contributed by atoms with E-state index in [1.165, 1.54) is 5.56 Å². The Morgan fingerprint density at radius 1 is 1.16 bits per heavy atom. The first-order valence-electron chi connectivity index (χ1n) is 10.4. The van der Waals surface area contributed by atoms with Crippen molar-refractivity contribution in [1.82, 2.24) is 19.9 Å². The minimum atomic E-state index is -0.250. The third-order valence-electron chi connectivity index (χ3n) is 6.04. The van der Waals surface area contributed by atoms with Crippen molar-refractivity contribution in [3.05, 3.63) is 65.5 Å². The SMILES string of the molecule is CN1CCC(c2c[nH]c3ccc(NC(=O)c4cccc5nc(C#N)ccc45)nc23)CC1. The number of likely N-dealkylation sites (tertiary alicyclic amines) is 1. The molecular weight excluding hydrogens is 388 g/mol. The predicted octanol–water partition coefficient (Wildman–Crippen LogP) is 4.04. The van der Waals surface area contributed by atoms with Gasteiger partial charge in [0.15, 0.2) is 0 Å². The normalized spacial score (nSPS) is 15.2. The molecule has 0 radical (unpaired) electrons. The number of aromatic amines is 1. The number of nitrogens with zero attached hydrogens (tertiary/aromatic N) is 4. The Labute approximate surface area is 179 Å². The van der Waals surface area contributed by atoms with E-state index in [1.54, 1.807) is 30.3 Å². The molecule has 4 aromatic rings. The van der Waals surface area contributed by atoms with Crippen LogP contribution in [-0.2, 0) is 0 Å². The molecule has 0 bridgehead atoms. The predicted molar refractivity (Wildman–Crippen MR) is 120 cm³/mol. The van der Waals surface area contributed by atoms with Gasteiger partial charge in [0.1, 0.15) is 17.6 Å². The van der Waals surface area contributed by atoms with Crippen molar-refractivity contribution < 1.29 is 4.79 Å². The summed E-state index contributed by atoms with van der Waals surface area (Å²) in [5, 5.41) is 12.7. The largest absolute Gasteiger partial charge is 0.360 e. The highest BCUT2D eigenvalue weighted by atomic mass is 16.1. The Hall–Kier alpha value is -3.76. The summed E-state index contributed by atoms with van der Waals surface area (Å²) >= 11 is 0. The first kappa shape index (κ1) is 19.2. The minimum Gasteiger partial charge on any atom is -0.360 e. The van der Waals surface area contributed by atoms with Crippen molar-refractivity contribution in [1.29, 1.82) is 5.26 Å². The molecule has 7 nitrogen and oxygen atoms in total. The van der Waals surface area contributed by atoms with Crippen LogP contribution < -0.4 is 5.32 Å². The molecule has 0 aliphatic carbocycles. The second-order valence-corrected chi connectivity index (χ2v) is 8.05. The second-order valence-electron chi connectivity index (χ2n) is 8.05. The van der Waals surface area contributed by atoms with Crippen LogP contribution in [-0.4, -0.2) is 45.9 Å². The van der Waals surface area contributed by atoms with Gasteiger partial charge in [-0.3, -0.25) is 4.79 Å². The molecule has 1 fully saturated rings. The number of benzene rings is 1. The third kappa shape index (κ3) is 3.62. The molecule has 1 aromatic carbocycles. The molecule has 154 valence electrons. The van der Waals surface area contributed by atoms with Gasteiger partial charge in [0, 0.05) is 17.1 Å². The Balaban J connectivity index is 1.44. The zero-order valence-corrected chi connectivity index (χ0v) is 17.2. The van der Waals surface area contributed by atoms with Crippen LogP contribution in [0.15, 0.2) is 48.7 Å². The van der Waals surface area contributed by atoms with Gasteiger partial charge in [0.2, 0.25) is 0 Å².